The molecule has 132 valence electrons. The number of aromatic nitrogens is 5. The second-order valence-corrected chi connectivity index (χ2v) is 7.62. The summed E-state index contributed by atoms with van der Waals surface area (Å²) in [6, 6.07) is 15.9. The van der Waals surface area contributed by atoms with Gasteiger partial charge in [0.15, 0.2) is 5.76 Å². The Hall–Kier alpha value is -3.17. The summed E-state index contributed by atoms with van der Waals surface area (Å²) in [5, 5.41) is 10.6. The summed E-state index contributed by atoms with van der Waals surface area (Å²) in [6.45, 7) is 0. The first kappa shape index (κ1) is 16.0. The highest BCUT2D eigenvalue weighted by Gasteiger charge is 2.18. The molecule has 0 aliphatic carbocycles. The maximum absolute atomic E-state index is 6.15. The molecule has 0 aliphatic heterocycles. The molecule has 5 aromatic rings. The number of nitrogens with zero attached hydrogens (tertiary/aromatic N) is 5. The Bertz CT molecular complexity index is 1210. The topological polar surface area (TPSA) is 95.7 Å². The minimum absolute atomic E-state index is 0.461. The maximum atomic E-state index is 6.15. The Morgan fingerprint density at radius 3 is 2.74 bits per heavy atom. The van der Waals surface area contributed by atoms with Gasteiger partial charge < -0.3 is 10.3 Å². The third-order valence-electron chi connectivity index (χ3n) is 3.95. The molecule has 0 bridgehead atoms. The molecular weight excluding hydrogens is 380 g/mol. The van der Waals surface area contributed by atoms with Crippen molar-refractivity contribution in [3.8, 4) is 22.0 Å². The summed E-state index contributed by atoms with van der Waals surface area (Å²) in [5.41, 5.74) is 1.15. The number of rotatable bonds is 4. The van der Waals surface area contributed by atoms with E-state index in [1.807, 2.05) is 18.2 Å². The van der Waals surface area contributed by atoms with Crippen LogP contribution in [0.5, 0.6) is 0 Å². The van der Waals surface area contributed by atoms with E-state index < -0.39 is 0 Å². The van der Waals surface area contributed by atoms with Crippen molar-refractivity contribution in [3.05, 3.63) is 61.1 Å². The van der Waals surface area contributed by atoms with Crippen LogP contribution < -0.4 is 5.84 Å². The van der Waals surface area contributed by atoms with Crippen LogP contribution in [0.3, 0.4) is 0 Å². The van der Waals surface area contributed by atoms with Crippen molar-refractivity contribution in [2.24, 2.45) is 0 Å². The first-order chi connectivity index (χ1) is 13.3. The van der Waals surface area contributed by atoms with E-state index in [2.05, 4.69) is 38.4 Å². The molecule has 0 radical (unpaired) electrons. The highest BCUT2D eigenvalue weighted by molar-refractivity contribution is 7.99. The van der Waals surface area contributed by atoms with Crippen molar-refractivity contribution < 1.29 is 4.42 Å². The first-order valence-corrected chi connectivity index (χ1v) is 9.65. The Morgan fingerprint density at radius 2 is 1.93 bits per heavy atom. The summed E-state index contributed by atoms with van der Waals surface area (Å²) < 4.78 is 6.75. The van der Waals surface area contributed by atoms with E-state index in [9.17, 15) is 0 Å². The highest BCUT2D eigenvalue weighted by atomic mass is 32.2. The Morgan fingerprint density at radius 1 is 1.04 bits per heavy atom. The number of nitrogen functional groups attached to an aromatic ring is 1. The smallest absolute Gasteiger partial charge is 0.218 e. The largest absolute Gasteiger partial charge is 0.461 e. The van der Waals surface area contributed by atoms with Crippen molar-refractivity contribution in [1.29, 1.82) is 0 Å². The lowest BCUT2D eigenvalue weighted by Crippen LogP contribution is -2.11. The van der Waals surface area contributed by atoms with Crippen molar-refractivity contribution in [2.75, 3.05) is 5.84 Å². The molecule has 4 aromatic heterocycles. The number of hydrogen-bond donors (Lipinski definition) is 1. The minimum atomic E-state index is 0.461. The van der Waals surface area contributed by atoms with E-state index in [1.165, 1.54) is 16.4 Å². The van der Waals surface area contributed by atoms with Crippen LogP contribution in [-0.4, -0.2) is 24.8 Å². The van der Waals surface area contributed by atoms with Crippen molar-refractivity contribution in [1.82, 2.24) is 24.8 Å². The maximum Gasteiger partial charge on any atom is 0.218 e. The summed E-state index contributed by atoms with van der Waals surface area (Å²) in [6.07, 6.45) is 3.13. The van der Waals surface area contributed by atoms with Gasteiger partial charge in [0.25, 0.3) is 0 Å². The molecular formula is C18H12N6OS2. The molecule has 4 heterocycles. The molecule has 5 rings (SSSR count). The third-order valence-corrected chi connectivity index (χ3v) is 6.02. The SMILES string of the molecule is Nn1c(Sc2ncnc3sc(-c4ccccc4)cc23)nnc1-c1ccco1. The van der Waals surface area contributed by atoms with Crippen LogP contribution in [0.2, 0.25) is 0 Å². The van der Waals surface area contributed by atoms with Gasteiger partial charge in [-0.25, -0.2) is 14.6 Å². The quantitative estimate of drug-likeness (QED) is 0.364. The normalized spacial score (nSPS) is 11.3. The van der Waals surface area contributed by atoms with Gasteiger partial charge in [0.1, 0.15) is 16.2 Å². The average molecular weight is 392 g/mol. The fraction of sp³-hybridized carbons (Fsp3) is 0. The van der Waals surface area contributed by atoms with Crippen LogP contribution in [0.1, 0.15) is 0 Å². The predicted octanol–water partition coefficient (Wildman–Crippen LogP) is 4.07. The molecule has 0 unspecified atom stereocenters. The second-order valence-electron chi connectivity index (χ2n) is 5.63. The average Bonchev–Trinajstić information content (AvgIpc) is 3.43. The van der Waals surface area contributed by atoms with Gasteiger partial charge in [-0.2, -0.15) is 0 Å². The lowest BCUT2D eigenvalue weighted by molar-refractivity contribution is 0.574. The molecule has 7 nitrogen and oxygen atoms in total. The van der Waals surface area contributed by atoms with E-state index in [1.54, 1.807) is 36.1 Å². The van der Waals surface area contributed by atoms with Crippen LogP contribution in [0, 0.1) is 0 Å². The van der Waals surface area contributed by atoms with E-state index >= 15 is 0 Å². The molecule has 0 saturated heterocycles. The molecule has 0 fully saturated rings. The number of fused-ring (bicyclic) bond motifs is 1. The number of furan rings is 1. The van der Waals surface area contributed by atoms with Gasteiger partial charge in [-0.05, 0) is 35.5 Å². The van der Waals surface area contributed by atoms with Gasteiger partial charge in [0.05, 0.1) is 6.26 Å². The molecule has 0 spiro atoms. The number of thiophene rings is 1. The van der Waals surface area contributed by atoms with Crippen molar-refractivity contribution in [3.63, 3.8) is 0 Å². The zero-order valence-corrected chi connectivity index (χ0v) is 15.4. The van der Waals surface area contributed by atoms with Crippen molar-refractivity contribution >= 4 is 33.3 Å². The molecule has 27 heavy (non-hydrogen) atoms. The molecule has 9 heteroatoms. The summed E-state index contributed by atoms with van der Waals surface area (Å²) in [4.78, 5) is 10.9. The molecule has 0 saturated carbocycles. The Labute approximate surface area is 161 Å². The van der Waals surface area contributed by atoms with Gasteiger partial charge in [-0.1, -0.05) is 30.3 Å². The number of nitrogens with two attached hydrogens (primary N) is 1. The molecule has 2 N–H and O–H groups in total. The van der Waals surface area contributed by atoms with Gasteiger partial charge in [0, 0.05) is 10.3 Å². The summed E-state index contributed by atoms with van der Waals surface area (Å²) >= 11 is 2.98. The van der Waals surface area contributed by atoms with Crippen LogP contribution in [0.25, 0.3) is 32.2 Å². The zero-order valence-electron chi connectivity index (χ0n) is 13.8. The second kappa shape index (κ2) is 6.53. The van der Waals surface area contributed by atoms with Crippen LogP contribution in [-0.2, 0) is 0 Å². The van der Waals surface area contributed by atoms with Crippen LogP contribution >= 0.6 is 23.1 Å². The summed E-state index contributed by atoms with van der Waals surface area (Å²) in [7, 11) is 0. The Kier molecular flexibility index (Phi) is 3.88. The third kappa shape index (κ3) is 2.86. The van der Waals surface area contributed by atoms with E-state index in [0.29, 0.717) is 16.7 Å². The standard InChI is InChI=1S/C18H12N6OS2/c19-24-15(13-7-4-8-25-13)22-23-18(24)27-17-12-9-14(11-5-2-1-3-6-11)26-16(12)20-10-21-17/h1-10H,19H2. The van der Waals surface area contributed by atoms with Gasteiger partial charge >= 0.3 is 0 Å². The van der Waals surface area contributed by atoms with E-state index in [-0.39, 0.29) is 0 Å². The van der Waals surface area contributed by atoms with Gasteiger partial charge in [-0.3, -0.25) is 0 Å². The fourth-order valence-electron chi connectivity index (χ4n) is 2.67. The monoisotopic (exact) mass is 392 g/mol. The first-order valence-electron chi connectivity index (χ1n) is 8.02. The van der Waals surface area contributed by atoms with E-state index in [0.717, 1.165) is 25.7 Å². The highest BCUT2D eigenvalue weighted by Crippen LogP contribution is 2.38. The molecule has 0 amide bonds. The van der Waals surface area contributed by atoms with Crippen molar-refractivity contribution in [2.45, 2.75) is 10.2 Å². The van der Waals surface area contributed by atoms with Gasteiger partial charge in [-0.15, -0.1) is 21.5 Å². The lowest BCUT2D eigenvalue weighted by atomic mass is 10.2. The number of benzene rings is 1. The molecule has 0 atom stereocenters. The van der Waals surface area contributed by atoms with Crippen LogP contribution in [0.4, 0.5) is 0 Å². The Balaban J connectivity index is 1.54. The van der Waals surface area contributed by atoms with E-state index in [4.69, 9.17) is 10.3 Å². The zero-order chi connectivity index (χ0) is 18.2. The fourth-order valence-corrected chi connectivity index (χ4v) is 4.54. The molecule has 1 aromatic carbocycles. The molecule has 0 aliphatic rings. The number of hydrogen-bond acceptors (Lipinski definition) is 8. The summed E-state index contributed by atoms with van der Waals surface area (Å²) in [5.74, 6) is 7.18. The van der Waals surface area contributed by atoms with Crippen LogP contribution in [0.15, 0.2) is 75.7 Å². The minimum Gasteiger partial charge on any atom is -0.461 e. The van der Waals surface area contributed by atoms with Gasteiger partial charge in [0.2, 0.25) is 11.0 Å². The predicted molar refractivity (Wildman–Crippen MR) is 105 cm³/mol. The lowest BCUT2D eigenvalue weighted by Gasteiger charge is -2.02.